The zero-order valence-corrected chi connectivity index (χ0v) is 25.7. The van der Waals surface area contributed by atoms with Gasteiger partial charge in [-0.05, 0) is 48.1 Å². The molecule has 2 unspecified atom stereocenters. The molecule has 1 amide bonds. The van der Waals surface area contributed by atoms with Crippen molar-refractivity contribution in [1.29, 1.82) is 0 Å². The molecule has 234 valence electrons. The molecule has 11 heteroatoms. The second-order valence-corrected chi connectivity index (χ2v) is 11.9. The minimum absolute atomic E-state index is 0.0365. The number of esters is 1. The van der Waals surface area contributed by atoms with Crippen molar-refractivity contribution < 1.29 is 23.9 Å². The topological polar surface area (TPSA) is 151 Å². The Morgan fingerprint density at radius 3 is 2.20 bits per heavy atom. The van der Waals surface area contributed by atoms with Gasteiger partial charge in [0.1, 0.15) is 30.0 Å². The molecule has 1 fully saturated rings. The summed E-state index contributed by atoms with van der Waals surface area (Å²) in [6, 6.07) is 25.5. The highest BCUT2D eigenvalue weighted by molar-refractivity contribution is 7.13. The van der Waals surface area contributed by atoms with Crippen LogP contribution in [0.5, 0.6) is 5.75 Å². The van der Waals surface area contributed by atoms with E-state index in [9.17, 15) is 14.4 Å². The molecular formula is C34H37N5O5S. The van der Waals surface area contributed by atoms with Crippen molar-refractivity contribution in [2.75, 3.05) is 11.4 Å². The highest BCUT2D eigenvalue weighted by Gasteiger charge is 2.58. The van der Waals surface area contributed by atoms with Crippen LogP contribution >= 0.6 is 11.3 Å². The number of ketones is 1. The Hall–Kier alpha value is -4.45. The first-order valence-corrected chi connectivity index (χ1v) is 15.9. The van der Waals surface area contributed by atoms with Crippen LogP contribution in [0, 0.1) is 5.92 Å². The Labute approximate surface area is 266 Å². The number of ether oxygens (including phenoxy) is 2. The monoisotopic (exact) mass is 627 g/mol. The van der Waals surface area contributed by atoms with Crippen molar-refractivity contribution in [3.63, 3.8) is 0 Å². The molecule has 1 aliphatic carbocycles. The van der Waals surface area contributed by atoms with E-state index in [0.29, 0.717) is 31.6 Å². The second kappa shape index (κ2) is 15.0. The minimum atomic E-state index is -1.64. The number of anilines is 1. The molecule has 1 heterocycles. The molecule has 0 saturated heterocycles. The quantitative estimate of drug-likeness (QED) is 0.208. The van der Waals surface area contributed by atoms with Gasteiger partial charge in [0.05, 0.1) is 18.5 Å². The van der Waals surface area contributed by atoms with Gasteiger partial charge in [-0.1, -0.05) is 97.0 Å². The number of Topliss-reactive ketones (excluding diaryl/α,β-unsaturated/α-hetero) is 1. The fourth-order valence-electron chi connectivity index (χ4n) is 5.96. The fraction of sp³-hybridized carbons (Fsp3) is 0.324. The number of rotatable bonds is 13. The van der Waals surface area contributed by atoms with Crippen molar-refractivity contribution in [3.8, 4) is 5.75 Å². The maximum Gasteiger partial charge on any atom is 0.312 e. The van der Waals surface area contributed by atoms with Gasteiger partial charge >= 0.3 is 5.97 Å². The molecule has 0 bridgehead atoms. The normalized spacial score (nSPS) is 18.5. The standard InChI is InChI=1S/C34H37N5O5S/c35-20-30(40)39(33-38-37-23-45-33)34(18-8-7-13-28(34)32(42)44-22-26-11-5-2-6-12-26)31(41)29(36)19-24-14-16-27(17-15-24)43-21-25-9-3-1-4-10-25/h1-6,9-12,14-17,23,28-29H,7-8,13,18-22,35-36H2/t28?,29-,34?/m0/s1. The Bertz CT molecular complexity index is 1550. The van der Waals surface area contributed by atoms with E-state index in [2.05, 4.69) is 10.2 Å². The first-order chi connectivity index (χ1) is 21.9. The van der Waals surface area contributed by atoms with E-state index in [0.717, 1.165) is 28.0 Å². The predicted octanol–water partition coefficient (Wildman–Crippen LogP) is 4.22. The van der Waals surface area contributed by atoms with Crippen LogP contribution in [0.2, 0.25) is 0 Å². The summed E-state index contributed by atoms with van der Waals surface area (Å²) in [7, 11) is 0. The molecule has 3 atom stereocenters. The van der Waals surface area contributed by atoms with Gasteiger partial charge in [0, 0.05) is 0 Å². The van der Waals surface area contributed by atoms with Crippen molar-refractivity contribution in [3.05, 3.63) is 107 Å². The number of amides is 1. The first kappa shape index (κ1) is 32.0. The summed E-state index contributed by atoms with van der Waals surface area (Å²) in [6.45, 7) is 0.0774. The maximum atomic E-state index is 14.7. The van der Waals surface area contributed by atoms with Crippen LogP contribution in [0.15, 0.2) is 90.4 Å². The summed E-state index contributed by atoms with van der Waals surface area (Å²) in [5.74, 6) is -1.84. The van der Waals surface area contributed by atoms with Crippen LogP contribution in [0.3, 0.4) is 0 Å². The van der Waals surface area contributed by atoms with Gasteiger partial charge in [-0.15, -0.1) is 10.2 Å². The third-order valence-corrected chi connectivity index (χ3v) is 8.81. The third kappa shape index (κ3) is 7.44. The number of nitrogens with two attached hydrogens (primary N) is 2. The molecule has 5 rings (SSSR count). The number of nitrogens with zero attached hydrogens (tertiary/aromatic N) is 3. The van der Waals surface area contributed by atoms with Gasteiger partial charge in [-0.2, -0.15) is 0 Å². The number of hydrogen-bond donors (Lipinski definition) is 2. The lowest BCUT2D eigenvalue weighted by Crippen LogP contribution is -2.69. The van der Waals surface area contributed by atoms with Crippen LogP contribution in [0.25, 0.3) is 0 Å². The molecule has 10 nitrogen and oxygen atoms in total. The molecule has 4 N–H and O–H groups in total. The van der Waals surface area contributed by atoms with Crippen LogP contribution in [-0.4, -0.2) is 46.0 Å². The lowest BCUT2D eigenvalue weighted by atomic mass is 9.67. The Morgan fingerprint density at radius 2 is 1.58 bits per heavy atom. The SMILES string of the molecule is NCC(=O)N(c1nncs1)C1(C(=O)[C@@H](N)Cc2ccc(OCc3ccccc3)cc2)CCCCC1C(=O)OCc1ccccc1. The molecule has 0 spiro atoms. The Kier molecular flexibility index (Phi) is 10.7. The molecule has 45 heavy (non-hydrogen) atoms. The molecule has 4 aromatic rings. The average molecular weight is 628 g/mol. The molecule has 0 radical (unpaired) electrons. The van der Waals surface area contributed by atoms with Crippen molar-refractivity contribution >= 4 is 34.1 Å². The Balaban J connectivity index is 1.41. The van der Waals surface area contributed by atoms with Gasteiger partial charge in [-0.25, -0.2) is 0 Å². The smallest absolute Gasteiger partial charge is 0.312 e. The van der Waals surface area contributed by atoms with Crippen molar-refractivity contribution in [2.24, 2.45) is 17.4 Å². The van der Waals surface area contributed by atoms with E-state index in [-0.39, 0.29) is 31.1 Å². The van der Waals surface area contributed by atoms with Crippen LogP contribution in [0.1, 0.15) is 42.4 Å². The van der Waals surface area contributed by atoms with E-state index in [4.69, 9.17) is 20.9 Å². The summed E-state index contributed by atoms with van der Waals surface area (Å²) in [6.07, 6.45) is 2.02. The molecule has 1 saturated carbocycles. The van der Waals surface area contributed by atoms with Crippen LogP contribution in [0.4, 0.5) is 5.13 Å². The van der Waals surface area contributed by atoms with Crippen LogP contribution < -0.4 is 21.1 Å². The molecule has 1 aliphatic rings. The minimum Gasteiger partial charge on any atom is -0.489 e. The van der Waals surface area contributed by atoms with Crippen molar-refractivity contribution in [2.45, 2.75) is 56.9 Å². The number of carbonyl (C=O) groups excluding carboxylic acids is 3. The summed E-state index contributed by atoms with van der Waals surface area (Å²) < 4.78 is 11.7. The predicted molar refractivity (Wildman–Crippen MR) is 171 cm³/mol. The summed E-state index contributed by atoms with van der Waals surface area (Å²) in [4.78, 5) is 43.3. The molecule has 0 aliphatic heterocycles. The Morgan fingerprint density at radius 1 is 0.911 bits per heavy atom. The van der Waals surface area contributed by atoms with Gasteiger partial charge in [0.2, 0.25) is 11.0 Å². The zero-order chi connectivity index (χ0) is 31.6. The van der Waals surface area contributed by atoms with Gasteiger partial charge in [0.15, 0.2) is 5.78 Å². The van der Waals surface area contributed by atoms with Crippen LogP contribution in [-0.2, 0) is 38.8 Å². The number of aromatic nitrogens is 2. The second-order valence-electron chi connectivity index (χ2n) is 11.1. The summed E-state index contributed by atoms with van der Waals surface area (Å²) in [5, 5.41) is 8.22. The maximum absolute atomic E-state index is 14.7. The van der Waals surface area contributed by atoms with E-state index in [1.807, 2.05) is 84.9 Å². The number of carbonyl (C=O) groups is 3. The molecule has 1 aromatic heterocycles. The zero-order valence-electron chi connectivity index (χ0n) is 24.9. The first-order valence-electron chi connectivity index (χ1n) is 15.0. The largest absolute Gasteiger partial charge is 0.489 e. The third-order valence-electron chi connectivity index (χ3n) is 8.14. The molecule has 3 aromatic carbocycles. The summed E-state index contributed by atoms with van der Waals surface area (Å²) in [5.41, 5.74) is 15.0. The lowest BCUT2D eigenvalue weighted by molar-refractivity contribution is -0.157. The fourth-order valence-corrected chi connectivity index (χ4v) is 6.61. The number of benzene rings is 3. The highest BCUT2D eigenvalue weighted by Crippen LogP contribution is 2.44. The average Bonchev–Trinajstić information content (AvgIpc) is 3.62. The van der Waals surface area contributed by atoms with E-state index in [1.54, 1.807) is 0 Å². The lowest BCUT2D eigenvalue weighted by Gasteiger charge is -2.48. The molecular weight excluding hydrogens is 590 g/mol. The summed E-state index contributed by atoms with van der Waals surface area (Å²) >= 11 is 1.10. The number of hydrogen-bond acceptors (Lipinski definition) is 10. The van der Waals surface area contributed by atoms with Gasteiger partial charge < -0.3 is 20.9 Å². The van der Waals surface area contributed by atoms with Gasteiger partial charge in [-0.3, -0.25) is 19.3 Å². The van der Waals surface area contributed by atoms with Crippen molar-refractivity contribution in [1.82, 2.24) is 10.2 Å². The van der Waals surface area contributed by atoms with E-state index < -0.39 is 35.2 Å². The van der Waals surface area contributed by atoms with Gasteiger partial charge in [0.25, 0.3) is 0 Å². The van der Waals surface area contributed by atoms with E-state index in [1.165, 1.54) is 10.4 Å². The highest BCUT2D eigenvalue weighted by atomic mass is 32.1. The van der Waals surface area contributed by atoms with E-state index >= 15 is 0 Å².